The molecule has 2 aliphatic heterocycles. The predicted molar refractivity (Wildman–Crippen MR) is 104 cm³/mol. The minimum Gasteiger partial charge on any atom is -0.389 e. The van der Waals surface area contributed by atoms with Crippen LogP contribution in [0.3, 0.4) is 0 Å². The van der Waals surface area contributed by atoms with Gasteiger partial charge in [-0.1, -0.05) is 43.5 Å². The molecule has 25 heavy (non-hydrogen) atoms. The summed E-state index contributed by atoms with van der Waals surface area (Å²) in [4.78, 5) is 2.54. The third-order valence-electron chi connectivity index (χ3n) is 6.25. The molecule has 136 valence electrons. The number of rotatable bonds is 4. The van der Waals surface area contributed by atoms with Gasteiger partial charge in [-0.25, -0.2) is 0 Å². The van der Waals surface area contributed by atoms with Crippen LogP contribution in [0, 0.1) is 5.92 Å². The Balaban J connectivity index is 1.61. The molecule has 0 aromatic heterocycles. The lowest BCUT2D eigenvalue weighted by atomic mass is 9.71. The Morgan fingerprint density at radius 2 is 1.84 bits per heavy atom. The summed E-state index contributed by atoms with van der Waals surface area (Å²) in [7, 11) is 0. The Labute approximate surface area is 151 Å². The van der Waals surface area contributed by atoms with Crippen LogP contribution in [-0.4, -0.2) is 54.9 Å². The first-order valence-corrected chi connectivity index (χ1v) is 9.93. The summed E-state index contributed by atoms with van der Waals surface area (Å²) in [5.41, 5.74) is 3.31. The summed E-state index contributed by atoms with van der Waals surface area (Å²) in [5.74, 6) is 0.228. The van der Waals surface area contributed by atoms with Crippen molar-refractivity contribution < 1.29 is 5.11 Å². The summed E-state index contributed by atoms with van der Waals surface area (Å²) in [6.45, 7) is 6.13. The molecule has 0 spiro atoms. The number of fused-ring (bicyclic) bond motifs is 1. The van der Waals surface area contributed by atoms with Crippen molar-refractivity contribution in [2.45, 2.75) is 37.7 Å². The van der Waals surface area contributed by atoms with Crippen LogP contribution in [0.25, 0.3) is 6.08 Å². The molecule has 0 bridgehead atoms. The maximum atomic E-state index is 11.6. The second-order valence-electron chi connectivity index (χ2n) is 7.93. The molecule has 2 heterocycles. The highest BCUT2D eigenvalue weighted by Crippen LogP contribution is 2.40. The molecule has 1 aromatic rings. The minimum absolute atomic E-state index is 0.228. The third-order valence-corrected chi connectivity index (χ3v) is 6.25. The summed E-state index contributed by atoms with van der Waals surface area (Å²) < 4.78 is 0. The van der Waals surface area contributed by atoms with Crippen LogP contribution in [0.5, 0.6) is 0 Å². The topological polar surface area (TPSA) is 47.5 Å². The van der Waals surface area contributed by atoms with Gasteiger partial charge in [-0.05, 0) is 30.0 Å². The average molecular weight is 341 g/mol. The number of hydrogen-bond acceptors (Lipinski definition) is 4. The van der Waals surface area contributed by atoms with Gasteiger partial charge in [0.1, 0.15) is 0 Å². The van der Waals surface area contributed by atoms with E-state index in [4.69, 9.17) is 0 Å². The maximum absolute atomic E-state index is 11.6. The second-order valence-corrected chi connectivity index (χ2v) is 7.93. The fraction of sp³-hybridized carbons (Fsp3) is 0.619. The fourth-order valence-corrected chi connectivity index (χ4v) is 4.75. The van der Waals surface area contributed by atoms with Gasteiger partial charge < -0.3 is 20.6 Å². The van der Waals surface area contributed by atoms with Crippen LogP contribution in [0.4, 0.5) is 5.69 Å². The second kappa shape index (κ2) is 7.48. The van der Waals surface area contributed by atoms with Gasteiger partial charge in [0.2, 0.25) is 0 Å². The molecule has 1 aliphatic carbocycles. The van der Waals surface area contributed by atoms with Gasteiger partial charge in [0.05, 0.1) is 5.60 Å². The Morgan fingerprint density at radius 1 is 1.08 bits per heavy atom. The van der Waals surface area contributed by atoms with E-state index in [0.717, 1.165) is 65.0 Å². The molecule has 3 N–H and O–H groups in total. The first-order valence-electron chi connectivity index (χ1n) is 9.93. The number of anilines is 1. The molecule has 4 heteroatoms. The van der Waals surface area contributed by atoms with E-state index in [9.17, 15) is 5.11 Å². The number of hydrogen-bond donors (Lipinski definition) is 3. The summed E-state index contributed by atoms with van der Waals surface area (Å²) >= 11 is 0. The van der Waals surface area contributed by atoms with Crippen LogP contribution in [-0.2, 0) is 0 Å². The quantitative estimate of drug-likeness (QED) is 0.788. The van der Waals surface area contributed by atoms with Crippen molar-refractivity contribution >= 4 is 11.8 Å². The van der Waals surface area contributed by atoms with Gasteiger partial charge >= 0.3 is 0 Å². The predicted octanol–water partition coefficient (Wildman–Crippen LogP) is 2.71. The van der Waals surface area contributed by atoms with Gasteiger partial charge in [0, 0.05) is 50.9 Å². The smallest absolute Gasteiger partial charge is 0.0725 e. The molecule has 4 nitrogen and oxygen atoms in total. The number of piperazine rings is 1. The van der Waals surface area contributed by atoms with Crippen LogP contribution < -0.4 is 10.6 Å². The molecule has 0 amide bonds. The van der Waals surface area contributed by atoms with Gasteiger partial charge in [0.25, 0.3) is 0 Å². The summed E-state index contributed by atoms with van der Waals surface area (Å²) in [5, 5.41) is 18.6. The number of para-hydroxylation sites is 1. The van der Waals surface area contributed by atoms with Crippen LogP contribution in [0.15, 0.2) is 29.8 Å². The maximum Gasteiger partial charge on any atom is 0.0725 e. The van der Waals surface area contributed by atoms with Crippen molar-refractivity contribution in [2.24, 2.45) is 5.92 Å². The highest BCUT2D eigenvalue weighted by molar-refractivity contribution is 5.72. The molecule has 1 unspecified atom stereocenters. The van der Waals surface area contributed by atoms with Gasteiger partial charge in [0.15, 0.2) is 0 Å². The number of nitrogens with one attached hydrogen (secondary N) is 2. The first kappa shape index (κ1) is 17.1. The van der Waals surface area contributed by atoms with E-state index < -0.39 is 5.60 Å². The van der Waals surface area contributed by atoms with E-state index >= 15 is 0 Å². The van der Waals surface area contributed by atoms with Crippen molar-refractivity contribution in [2.75, 3.05) is 44.6 Å². The average Bonchev–Trinajstić information content (AvgIpc) is 2.67. The van der Waals surface area contributed by atoms with Crippen molar-refractivity contribution in [3.05, 3.63) is 35.4 Å². The normalized spacial score (nSPS) is 24.8. The molecule has 3 aliphatic rings. The van der Waals surface area contributed by atoms with Crippen LogP contribution >= 0.6 is 0 Å². The Bertz CT molecular complexity index is 615. The zero-order chi connectivity index (χ0) is 17.1. The largest absolute Gasteiger partial charge is 0.389 e. The molecular formula is C21H31N3O. The van der Waals surface area contributed by atoms with E-state index in [0.29, 0.717) is 0 Å². The van der Waals surface area contributed by atoms with E-state index in [1.165, 1.54) is 23.2 Å². The van der Waals surface area contributed by atoms with Crippen molar-refractivity contribution in [1.29, 1.82) is 0 Å². The molecule has 1 atom stereocenters. The van der Waals surface area contributed by atoms with E-state index in [2.05, 4.69) is 45.9 Å². The number of aliphatic hydroxyl groups is 1. The first-order chi connectivity index (χ1) is 12.2. The Morgan fingerprint density at radius 3 is 2.64 bits per heavy atom. The van der Waals surface area contributed by atoms with Gasteiger partial charge in [-0.3, -0.25) is 0 Å². The van der Waals surface area contributed by atoms with E-state index in [1.54, 1.807) is 0 Å². The number of nitrogens with zero attached hydrogens (tertiary/aromatic N) is 1. The minimum atomic E-state index is -0.539. The van der Waals surface area contributed by atoms with Crippen LogP contribution in [0.1, 0.15) is 37.7 Å². The zero-order valence-corrected chi connectivity index (χ0v) is 15.1. The molecular weight excluding hydrogens is 310 g/mol. The molecule has 1 saturated carbocycles. The lowest BCUT2D eigenvalue weighted by Crippen LogP contribution is -2.51. The number of benzene rings is 1. The highest BCUT2D eigenvalue weighted by Gasteiger charge is 2.41. The summed E-state index contributed by atoms with van der Waals surface area (Å²) in [6, 6.07) is 8.50. The zero-order valence-electron chi connectivity index (χ0n) is 15.1. The van der Waals surface area contributed by atoms with Gasteiger partial charge in [-0.15, -0.1) is 0 Å². The molecule has 4 rings (SSSR count). The Kier molecular flexibility index (Phi) is 5.11. The fourth-order valence-electron chi connectivity index (χ4n) is 4.75. The monoisotopic (exact) mass is 341 g/mol. The van der Waals surface area contributed by atoms with E-state index in [-0.39, 0.29) is 5.92 Å². The third kappa shape index (κ3) is 3.76. The molecule has 2 fully saturated rings. The molecule has 1 saturated heterocycles. The Hall–Kier alpha value is -1.36. The standard InChI is InChI=1S/C21H31N3O/c25-21(8-4-1-5-9-21)19(16-24-12-10-22-11-13-24)18-14-17-6-2-3-7-20(17)23-15-18/h2-3,6-7,14,19,22-23,25H,1,4-5,8-13,15-16H2. The highest BCUT2D eigenvalue weighted by atomic mass is 16.3. The van der Waals surface area contributed by atoms with E-state index in [1.807, 2.05) is 0 Å². The summed E-state index contributed by atoms with van der Waals surface area (Å²) in [6.07, 6.45) is 7.82. The lowest BCUT2D eigenvalue weighted by molar-refractivity contribution is -0.0471. The molecule has 0 radical (unpaired) electrons. The SMILES string of the molecule is OC1(C(CN2CCNCC2)C2=Cc3ccccc3NC2)CCCCC1. The van der Waals surface area contributed by atoms with Crippen LogP contribution in [0.2, 0.25) is 0 Å². The van der Waals surface area contributed by atoms with Crippen molar-refractivity contribution in [3.8, 4) is 0 Å². The molecule has 1 aromatic carbocycles. The van der Waals surface area contributed by atoms with Gasteiger partial charge in [-0.2, -0.15) is 0 Å². The van der Waals surface area contributed by atoms with Crippen molar-refractivity contribution in [1.82, 2.24) is 10.2 Å². The lowest BCUT2D eigenvalue weighted by Gasteiger charge is -2.44. The van der Waals surface area contributed by atoms with Crippen molar-refractivity contribution in [3.63, 3.8) is 0 Å².